The highest BCUT2D eigenvalue weighted by molar-refractivity contribution is 7.07. The van der Waals surface area contributed by atoms with E-state index in [4.69, 9.17) is 4.42 Å². The first kappa shape index (κ1) is 15.3. The predicted octanol–water partition coefficient (Wildman–Crippen LogP) is 4.58. The van der Waals surface area contributed by atoms with Gasteiger partial charge < -0.3 is 9.32 Å². The fourth-order valence-electron chi connectivity index (χ4n) is 2.24. The van der Waals surface area contributed by atoms with E-state index in [1.165, 1.54) is 0 Å². The summed E-state index contributed by atoms with van der Waals surface area (Å²) in [4.78, 5) is 14.3. The van der Waals surface area contributed by atoms with Gasteiger partial charge in [-0.2, -0.15) is 11.3 Å². The highest BCUT2D eigenvalue weighted by atomic mass is 32.1. The van der Waals surface area contributed by atoms with E-state index in [1.807, 2.05) is 60.0 Å². The lowest BCUT2D eigenvalue weighted by Crippen LogP contribution is -2.28. The first-order valence-corrected chi connectivity index (χ1v) is 8.31. The number of benzene rings is 1. The van der Waals surface area contributed by atoms with E-state index in [1.54, 1.807) is 28.6 Å². The van der Waals surface area contributed by atoms with E-state index < -0.39 is 0 Å². The Labute approximate surface area is 139 Å². The minimum atomic E-state index is -0.0311. The highest BCUT2D eigenvalue weighted by Gasteiger charge is 2.13. The van der Waals surface area contributed by atoms with Gasteiger partial charge >= 0.3 is 0 Å². The molecule has 23 heavy (non-hydrogen) atoms. The van der Waals surface area contributed by atoms with Gasteiger partial charge in [0.25, 0.3) is 0 Å². The molecule has 3 nitrogen and oxygen atoms in total. The normalized spacial score (nSPS) is 11.0. The van der Waals surface area contributed by atoms with Crippen LogP contribution in [-0.4, -0.2) is 10.8 Å². The summed E-state index contributed by atoms with van der Waals surface area (Å²) < 4.78 is 5.38. The first-order chi connectivity index (χ1) is 11.3. The van der Waals surface area contributed by atoms with E-state index >= 15 is 0 Å². The molecule has 0 atom stereocenters. The van der Waals surface area contributed by atoms with Crippen molar-refractivity contribution in [3.8, 4) is 0 Å². The predicted molar refractivity (Wildman–Crippen MR) is 92.8 cm³/mol. The van der Waals surface area contributed by atoms with Crippen LogP contribution in [0, 0.1) is 0 Å². The average molecular weight is 323 g/mol. The molecular weight excluding hydrogens is 306 g/mol. The minimum absolute atomic E-state index is 0.0311. The summed E-state index contributed by atoms with van der Waals surface area (Å²) in [6.07, 6.45) is 5.08. The molecule has 0 radical (unpaired) electrons. The number of amides is 1. The maximum absolute atomic E-state index is 12.6. The van der Waals surface area contributed by atoms with Crippen LogP contribution in [0.4, 0.5) is 0 Å². The third-order valence-electron chi connectivity index (χ3n) is 3.41. The van der Waals surface area contributed by atoms with Gasteiger partial charge in [0, 0.05) is 12.6 Å². The van der Waals surface area contributed by atoms with Gasteiger partial charge in [-0.25, -0.2) is 0 Å². The number of thiophene rings is 1. The molecule has 0 saturated carbocycles. The molecule has 0 aliphatic heterocycles. The van der Waals surface area contributed by atoms with Crippen LogP contribution in [0.15, 0.2) is 76.0 Å². The second kappa shape index (κ2) is 7.61. The molecule has 116 valence electrons. The number of hydrogen-bond acceptors (Lipinski definition) is 3. The zero-order chi connectivity index (χ0) is 15.9. The van der Waals surface area contributed by atoms with E-state index in [9.17, 15) is 4.79 Å². The van der Waals surface area contributed by atoms with Crippen molar-refractivity contribution < 1.29 is 9.21 Å². The van der Waals surface area contributed by atoms with Crippen LogP contribution >= 0.6 is 11.3 Å². The average Bonchev–Trinajstić information content (AvgIpc) is 3.27. The maximum Gasteiger partial charge on any atom is 0.247 e. The van der Waals surface area contributed by atoms with Crippen LogP contribution in [0.25, 0.3) is 6.08 Å². The van der Waals surface area contributed by atoms with Crippen LogP contribution in [0.2, 0.25) is 0 Å². The van der Waals surface area contributed by atoms with Crippen molar-refractivity contribution in [2.24, 2.45) is 0 Å². The van der Waals surface area contributed by atoms with E-state index in [2.05, 4.69) is 5.38 Å². The summed E-state index contributed by atoms with van der Waals surface area (Å²) in [6, 6.07) is 15.6. The monoisotopic (exact) mass is 323 g/mol. The van der Waals surface area contributed by atoms with Gasteiger partial charge in [-0.15, -0.1) is 0 Å². The topological polar surface area (TPSA) is 33.5 Å². The van der Waals surface area contributed by atoms with Gasteiger partial charge in [-0.1, -0.05) is 30.3 Å². The molecule has 2 aromatic heterocycles. The Balaban J connectivity index is 1.73. The molecule has 1 aromatic carbocycles. The molecule has 0 bridgehead atoms. The van der Waals surface area contributed by atoms with Crippen LogP contribution in [0.1, 0.15) is 16.9 Å². The van der Waals surface area contributed by atoms with Crippen molar-refractivity contribution in [3.63, 3.8) is 0 Å². The summed E-state index contributed by atoms with van der Waals surface area (Å²) >= 11 is 1.63. The van der Waals surface area contributed by atoms with Gasteiger partial charge in [-0.3, -0.25) is 4.79 Å². The van der Waals surface area contributed by atoms with E-state index in [0.717, 1.165) is 16.9 Å². The van der Waals surface area contributed by atoms with Crippen molar-refractivity contribution in [3.05, 3.63) is 88.5 Å². The number of hydrogen-bond donors (Lipinski definition) is 0. The quantitative estimate of drug-likeness (QED) is 0.622. The van der Waals surface area contributed by atoms with E-state index in [-0.39, 0.29) is 5.91 Å². The summed E-state index contributed by atoms with van der Waals surface area (Å²) in [5.41, 5.74) is 2.14. The third-order valence-corrected chi connectivity index (χ3v) is 4.14. The van der Waals surface area contributed by atoms with Crippen LogP contribution < -0.4 is 0 Å². The number of nitrogens with zero attached hydrogens (tertiary/aromatic N) is 1. The lowest BCUT2D eigenvalue weighted by Gasteiger charge is -2.19. The zero-order valence-corrected chi connectivity index (χ0v) is 13.4. The SMILES string of the molecule is O=C(/C=C/c1ccccc1)N(Cc1ccsc1)Cc1ccco1. The molecule has 2 heterocycles. The van der Waals surface area contributed by atoms with Gasteiger partial charge in [0.1, 0.15) is 5.76 Å². The Hall–Kier alpha value is -2.59. The molecule has 0 unspecified atom stereocenters. The molecule has 0 aliphatic rings. The molecule has 0 aliphatic carbocycles. The molecular formula is C19H17NO2S. The molecule has 0 fully saturated rings. The van der Waals surface area contributed by atoms with Crippen molar-refractivity contribution in [2.75, 3.05) is 0 Å². The van der Waals surface area contributed by atoms with Crippen molar-refractivity contribution >= 4 is 23.3 Å². The van der Waals surface area contributed by atoms with Crippen molar-refractivity contribution in [1.82, 2.24) is 4.90 Å². The summed E-state index contributed by atoms with van der Waals surface area (Å²) in [5, 5.41) is 4.08. The maximum atomic E-state index is 12.6. The van der Waals surface area contributed by atoms with Gasteiger partial charge in [0.15, 0.2) is 0 Å². The Bertz CT molecular complexity index is 710. The number of furan rings is 1. The van der Waals surface area contributed by atoms with Gasteiger partial charge in [0.2, 0.25) is 5.91 Å². The third kappa shape index (κ3) is 4.44. The molecule has 1 amide bonds. The summed E-state index contributed by atoms with van der Waals surface area (Å²) in [5.74, 6) is 0.748. The van der Waals surface area contributed by atoms with Crippen LogP contribution in [0.5, 0.6) is 0 Å². The molecule has 0 spiro atoms. The minimum Gasteiger partial charge on any atom is -0.467 e. The number of carbonyl (C=O) groups is 1. The van der Waals surface area contributed by atoms with Gasteiger partial charge in [-0.05, 0) is 46.2 Å². The van der Waals surface area contributed by atoms with E-state index in [0.29, 0.717) is 13.1 Å². The smallest absolute Gasteiger partial charge is 0.247 e. The number of rotatable bonds is 6. The Kier molecular flexibility index (Phi) is 5.06. The molecule has 3 aromatic rings. The molecule has 0 saturated heterocycles. The van der Waals surface area contributed by atoms with Crippen LogP contribution in [-0.2, 0) is 17.9 Å². The summed E-state index contributed by atoms with van der Waals surface area (Å²) in [7, 11) is 0. The lowest BCUT2D eigenvalue weighted by molar-refractivity contribution is -0.127. The molecule has 4 heteroatoms. The van der Waals surface area contributed by atoms with Crippen molar-refractivity contribution in [1.29, 1.82) is 0 Å². The first-order valence-electron chi connectivity index (χ1n) is 7.37. The number of carbonyl (C=O) groups excluding carboxylic acids is 1. The Morgan fingerprint density at radius 1 is 1.09 bits per heavy atom. The zero-order valence-electron chi connectivity index (χ0n) is 12.6. The molecule has 0 N–H and O–H groups in total. The largest absolute Gasteiger partial charge is 0.467 e. The summed E-state index contributed by atoms with van der Waals surface area (Å²) in [6.45, 7) is 1.03. The second-order valence-corrected chi connectivity index (χ2v) is 5.93. The Morgan fingerprint density at radius 3 is 2.65 bits per heavy atom. The fraction of sp³-hybridized carbons (Fsp3) is 0.105. The van der Waals surface area contributed by atoms with Gasteiger partial charge in [0.05, 0.1) is 12.8 Å². The molecule has 3 rings (SSSR count). The lowest BCUT2D eigenvalue weighted by atomic mass is 10.2. The van der Waals surface area contributed by atoms with Crippen molar-refractivity contribution in [2.45, 2.75) is 13.1 Å². The standard InChI is InChI=1S/C19H17NO2S/c21-19(9-8-16-5-2-1-3-6-16)20(13-17-10-12-23-15-17)14-18-7-4-11-22-18/h1-12,15H,13-14H2/b9-8+. The second-order valence-electron chi connectivity index (χ2n) is 5.15. The fourth-order valence-corrected chi connectivity index (χ4v) is 2.90. The Morgan fingerprint density at radius 2 is 1.96 bits per heavy atom. The van der Waals surface area contributed by atoms with Crippen LogP contribution in [0.3, 0.4) is 0 Å². The highest BCUT2D eigenvalue weighted by Crippen LogP contribution is 2.14.